The highest BCUT2D eigenvalue weighted by atomic mass is 79.9. The fourth-order valence-corrected chi connectivity index (χ4v) is 8.88. The lowest BCUT2D eigenvalue weighted by Gasteiger charge is -2.36. The number of rotatable bonds is 10. The van der Waals surface area contributed by atoms with Gasteiger partial charge in [0.1, 0.15) is 6.04 Å². The summed E-state index contributed by atoms with van der Waals surface area (Å²) in [4.78, 5) is 41.6. The Labute approximate surface area is 191 Å². The molecule has 0 radical (unpaired) electrons. The number of thioether (sulfide) groups is 1. The third-order valence-electron chi connectivity index (χ3n) is 6.65. The van der Waals surface area contributed by atoms with Crippen LogP contribution in [0, 0.1) is 11.8 Å². The lowest BCUT2D eigenvalue weighted by atomic mass is 9.70. The summed E-state index contributed by atoms with van der Waals surface area (Å²) >= 11 is 5.37. The largest absolute Gasteiger partial charge is 0.394 e. The molecule has 30 heavy (non-hydrogen) atoms. The molecule has 170 valence electrons. The number of hydrogen-bond donors (Lipinski definition) is 3. The molecule has 3 aliphatic rings. The van der Waals surface area contributed by atoms with E-state index in [9.17, 15) is 19.5 Å². The second kappa shape index (κ2) is 9.77. The van der Waals surface area contributed by atoms with E-state index < -0.39 is 28.7 Å². The topological polar surface area (TPSA) is 98.7 Å². The number of aliphatic hydroxyl groups excluding tert-OH is 1. The molecule has 0 saturated carbocycles. The minimum Gasteiger partial charge on any atom is -0.394 e. The predicted octanol–water partition coefficient (Wildman–Crippen LogP) is 1.66. The van der Waals surface area contributed by atoms with Crippen molar-refractivity contribution in [2.75, 3.05) is 19.7 Å². The first-order valence-electron chi connectivity index (χ1n) is 11.1. The number of likely N-dealkylation sites (tertiary alicyclic amines) is 1. The molecule has 3 amide bonds. The molecule has 3 unspecified atom stereocenters. The Bertz CT molecular complexity index is 681. The molecular formula is C21H34BrN3O4S. The zero-order valence-electron chi connectivity index (χ0n) is 18.0. The van der Waals surface area contributed by atoms with Crippen LogP contribution >= 0.6 is 27.7 Å². The molecule has 2 bridgehead atoms. The zero-order valence-corrected chi connectivity index (χ0v) is 20.4. The van der Waals surface area contributed by atoms with Gasteiger partial charge in [-0.3, -0.25) is 14.4 Å². The number of halogens is 1. The van der Waals surface area contributed by atoms with Crippen molar-refractivity contribution < 1.29 is 19.5 Å². The van der Waals surface area contributed by atoms with Crippen LogP contribution in [0.1, 0.15) is 52.9 Å². The normalized spacial score (nSPS) is 35.4. The van der Waals surface area contributed by atoms with Crippen LogP contribution in [0.5, 0.6) is 0 Å². The molecule has 0 aromatic rings. The highest BCUT2D eigenvalue weighted by Gasteiger charge is 2.75. The molecule has 3 saturated heterocycles. The Morgan fingerprint density at radius 3 is 2.57 bits per heavy atom. The van der Waals surface area contributed by atoms with Crippen molar-refractivity contribution in [2.45, 2.75) is 79.8 Å². The Morgan fingerprint density at radius 2 is 1.93 bits per heavy atom. The van der Waals surface area contributed by atoms with Gasteiger partial charge in [0.2, 0.25) is 17.7 Å². The highest BCUT2D eigenvalue weighted by molar-refractivity contribution is 9.09. The third-order valence-corrected chi connectivity index (χ3v) is 9.87. The standard InChI is InChI=1S/C21H34BrN3O4S/c1-4-6-7-9-24-19(28)17-21-10-13(22)16(30-21)14(18(27)23-8-5-2)15(21)20(29)25(17)12(3)11-26/h12-17,26H,4-11H2,1-3H3,(H,23,27)(H,24,28)/t12-,13?,14+,15+,16+,17?,21?/m1/s1. The van der Waals surface area contributed by atoms with Gasteiger partial charge < -0.3 is 20.6 Å². The van der Waals surface area contributed by atoms with Crippen LogP contribution in [0.25, 0.3) is 0 Å². The van der Waals surface area contributed by atoms with Gasteiger partial charge in [-0.05, 0) is 26.2 Å². The molecule has 7 nitrogen and oxygen atoms in total. The van der Waals surface area contributed by atoms with Crippen molar-refractivity contribution in [2.24, 2.45) is 11.8 Å². The highest BCUT2D eigenvalue weighted by Crippen LogP contribution is 2.67. The number of hydrogen-bond acceptors (Lipinski definition) is 5. The average molecular weight is 504 g/mol. The van der Waals surface area contributed by atoms with Crippen molar-refractivity contribution in [3.63, 3.8) is 0 Å². The summed E-state index contributed by atoms with van der Waals surface area (Å²) in [5.41, 5.74) is 0. The molecule has 3 heterocycles. The Morgan fingerprint density at radius 1 is 1.23 bits per heavy atom. The van der Waals surface area contributed by atoms with E-state index in [1.807, 2.05) is 6.92 Å². The van der Waals surface area contributed by atoms with E-state index in [4.69, 9.17) is 0 Å². The number of carbonyl (C=O) groups excluding carboxylic acids is 3. The summed E-state index contributed by atoms with van der Waals surface area (Å²) < 4.78 is -0.637. The van der Waals surface area contributed by atoms with Crippen LogP contribution in [0.3, 0.4) is 0 Å². The molecule has 0 aliphatic carbocycles. The van der Waals surface area contributed by atoms with E-state index in [0.29, 0.717) is 19.5 Å². The van der Waals surface area contributed by atoms with Gasteiger partial charge in [0.15, 0.2) is 0 Å². The summed E-state index contributed by atoms with van der Waals surface area (Å²) in [5.74, 6) is -1.42. The number of amides is 3. The monoisotopic (exact) mass is 503 g/mol. The molecular weight excluding hydrogens is 470 g/mol. The fraction of sp³-hybridized carbons (Fsp3) is 0.857. The van der Waals surface area contributed by atoms with E-state index in [-0.39, 0.29) is 34.4 Å². The maximum atomic E-state index is 13.6. The molecule has 3 rings (SSSR count). The molecule has 0 aromatic carbocycles. The van der Waals surface area contributed by atoms with E-state index in [1.165, 1.54) is 0 Å². The van der Waals surface area contributed by atoms with Crippen LogP contribution < -0.4 is 10.6 Å². The zero-order chi connectivity index (χ0) is 22.1. The summed E-state index contributed by atoms with van der Waals surface area (Å²) in [6.45, 7) is 6.81. The van der Waals surface area contributed by atoms with Gasteiger partial charge in [-0.1, -0.05) is 42.6 Å². The van der Waals surface area contributed by atoms with Crippen molar-refractivity contribution in [1.29, 1.82) is 0 Å². The van der Waals surface area contributed by atoms with Gasteiger partial charge in [-0.15, -0.1) is 11.8 Å². The molecule has 3 aliphatic heterocycles. The van der Waals surface area contributed by atoms with Gasteiger partial charge in [0, 0.05) is 23.2 Å². The molecule has 7 atom stereocenters. The maximum Gasteiger partial charge on any atom is 0.244 e. The van der Waals surface area contributed by atoms with Crippen LogP contribution in [0.4, 0.5) is 0 Å². The number of aliphatic hydroxyl groups is 1. The van der Waals surface area contributed by atoms with Crippen molar-refractivity contribution in [1.82, 2.24) is 15.5 Å². The van der Waals surface area contributed by atoms with Crippen molar-refractivity contribution >= 4 is 45.4 Å². The van der Waals surface area contributed by atoms with Gasteiger partial charge in [0.25, 0.3) is 0 Å². The minimum atomic E-state index is -0.669. The number of carbonyl (C=O) groups is 3. The summed E-state index contributed by atoms with van der Waals surface area (Å²) in [5, 5.41) is 15.8. The lowest BCUT2D eigenvalue weighted by molar-refractivity contribution is -0.142. The van der Waals surface area contributed by atoms with Gasteiger partial charge in [-0.2, -0.15) is 0 Å². The Hall–Kier alpha value is -0.800. The summed E-state index contributed by atoms with van der Waals surface area (Å²) in [7, 11) is 0. The number of alkyl halides is 1. The quantitative estimate of drug-likeness (QED) is 0.311. The smallest absolute Gasteiger partial charge is 0.244 e. The second-order valence-corrected chi connectivity index (χ2v) is 11.4. The molecule has 0 aromatic heterocycles. The van der Waals surface area contributed by atoms with E-state index in [1.54, 1.807) is 23.6 Å². The van der Waals surface area contributed by atoms with Crippen LogP contribution in [-0.2, 0) is 14.4 Å². The lowest BCUT2D eigenvalue weighted by Crippen LogP contribution is -2.56. The van der Waals surface area contributed by atoms with Gasteiger partial charge >= 0.3 is 0 Å². The first-order chi connectivity index (χ1) is 14.3. The number of nitrogens with zero attached hydrogens (tertiary/aromatic N) is 1. The maximum absolute atomic E-state index is 13.6. The van der Waals surface area contributed by atoms with Gasteiger partial charge in [0.05, 0.1) is 29.2 Å². The molecule has 3 N–H and O–H groups in total. The molecule has 1 spiro atoms. The Kier molecular flexibility index (Phi) is 7.77. The Balaban J connectivity index is 1.92. The van der Waals surface area contributed by atoms with Crippen LogP contribution in [0.2, 0.25) is 0 Å². The first kappa shape index (κ1) is 23.9. The number of unbranched alkanes of at least 4 members (excludes halogenated alkanes) is 2. The SMILES string of the molecule is CCCCCNC(=O)C1N([C@H](C)CO)C(=O)[C@@H]2[C@H](C(=O)NCCC)[C@H]3SC12CC3Br. The van der Waals surface area contributed by atoms with E-state index >= 15 is 0 Å². The van der Waals surface area contributed by atoms with Crippen molar-refractivity contribution in [3.05, 3.63) is 0 Å². The predicted molar refractivity (Wildman–Crippen MR) is 121 cm³/mol. The third kappa shape index (κ3) is 3.90. The van der Waals surface area contributed by atoms with Crippen LogP contribution in [-0.4, -0.2) is 74.3 Å². The first-order valence-corrected chi connectivity index (χ1v) is 12.9. The minimum absolute atomic E-state index is 0.0298. The number of fused-ring (bicyclic) bond motifs is 1. The van der Waals surface area contributed by atoms with Gasteiger partial charge in [-0.25, -0.2) is 0 Å². The molecule has 9 heteroatoms. The summed E-state index contributed by atoms with van der Waals surface area (Å²) in [6, 6.07) is -1.14. The van der Waals surface area contributed by atoms with Crippen molar-refractivity contribution in [3.8, 4) is 0 Å². The second-order valence-electron chi connectivity index (χ2n) is 8.73. The van der Waals surface area contributed by atoms with Crippen LogP contribution in [0.15, 0.2) is 0 Å². The van der Waals surface area contributed by atoms with E-state index in [2.05, 4.69) is 33.5 Å². The molecule has 3 fully saturated rings. The number of nitrogens with one attached hydrogen (secondary N) is 2. The average Bonchev–Trinajstić information content (AvgIpc) is 3.32. The fourth-order valence-electron chi connectivity index (χ4n) is 5.28. The summed E-state index contributed by atoms with van der Waals surface area (Å²) in [6.07, 6.45) is 4.49. The van der Waals surface area contributed by atoms with E-state index in [0.717, 1.165) is 25.7 Å².